The van der Waals surface area contributed by atoms with Crippen molar-refractivity contribution < 1.29 is 9.72 Å². The van der Waals surface area contributed by atoms with Crippen LogP contribution in [0.3, 0.4) is 0 Å². The predicted molar refractivity (Wildman–Crippen MR) is 86.3 cm³/mol. The molecule has 1 amide bonds. The molecule has 1 aromatic heterocycles. The molecule has 1 aliphatic carbocycles. The van der Waals surface area contributed by atoms with Gasteiger partial charge in [-0.25, -0.2) is 4.98 Å². The van der Waals surface area contributed by atoms with E-state index in [0.717, 1.165) is 24.2 Å². The van der Waals surface area contributed by atoms with Crippen molar-refractivity contribution in [3.63, 3.8) is 0 Å². The van der Waals surface area contributed by atoms with Crippen molar-refractivity contribution in [2.75, 3.05) is 18.0 Å². The lowest BCUT2D eigenvalue weighted by Crippen LogP contribution is -2.58. The molecule has 3 rings (SSSR count). The van der Waals surface area contributed by atoms with Gasteiger partial charge in [-0.1, -0.05) is 0 Å². The van der Waals surface area contributed by atoms with Gasteiger partial charge in [0.1, 0.15) is 12.0 Å². The number of anilines is 1. The van der Waals surface area contributed by atoms with Crippen LogP contribution in [0.15, 0.2) is 12.3 Å². The molecule has 0 N–H and O–H groups in total. The maximum absolute atomic E-state index is 12.4. The summed E-state index contributed by atoms with van der Waals surface area (Å²) in [6.07, 6.45) is 3.34. The Bertz CT molecular complexity index is 644. The molecule has 0 aromatic carbocycles. The summed E-state index contributed by atoms with van der Waals surface area (Å²) in [4.78, 5) is 31.2. The minimum absolute atomic E-state index is 0.00880. The molecule has 2 unspecified atom stereocenters. The van der Waals surface area contributed by atoms with E-state index in [1.807, 2.05) is 11.8 Å². The van der Waals surface area contributed by atoms with Gasteiger partial charge in [-0.3, -0.25) is 14.9 Å². The Morgan fingerprint density at radius 3 is 2.57 bits per heavy atom. The smallest absolute Gasteiger partial charge is 0.287 e. The number of amides is 1. The van der Waals surface area contributed by atoms with Crippen molar-refractivity contribution in [1.82, 2.24) is 9.88 Å². The van der Waals surface area contributed by atoms with Crippen molar-refractivity contribution in [2.24, 2.45) is 5.92 Å². The molecule has 1 saturated carbocycles. The molecule has 2 fully saturated rings. The van der Waals surface area contributed by atoms with Crippen LogP contribution in [0.1, 0.15) is 32.3 Å². The Hall–Kier alpha value is -2.18. The zero-order valence-electron chi connectivity index (χ0n) is 13.7. The summed E-state index contributed by atoms with van der Waals surface area (Å²) >= 11 is 0. The largest absolute Gasteiger partial charge is 0.350 e. The number of aryl methyl sites for hydroxylation is 1. The Morgan fingerprint density at radius 2 is 2.00 bits per heavy atom. The molecule has 2 heterocycles. The minimum atomic E-state index is -0.428. The average Bonchev–Trinajstić information content (AvgIpc) is 3.33. The van der Waals surface area contributed by atoms with Crippen LogP contribution in [0.5, 0.6) is 0 Å². The van der Waals surface area contributed by atoms with Gasteiger partial charge in [0, 0.05) is 37.2 Å². The fourth-order valence-electron chi connectivity index (χ4n) is 3.25. The van der Waals surface area contributed by atoms with Gasteiger partial charge in [0.25, 0.3) is 5.69 Å². The van der Waals surface area contributed by atoms with E-state index in [1.165, 1.54) is 6.20 Å². The van der Waals surface area contributed by atoms with Crippen molar-refractivity contribution in [1.29, 1.82) is 0 Å². The number of carbonyl (C=O) groups excluding carboxylic acids is 1. The molecule has 0 bridgehead atoms. The molecule has 23 heavy (non-hydrogen) atoms. The summed E-state index contributed by atoms with van der Waals surface area (Å²) < 4.78 is 0. The Balaban J connectivity index is 1.79. The molecule has 0 spiro atoms. The van der Waals surface area contributed by atoms with Gasteiger partial charge < -0.3 is 9.80 Å². The SMILES string of the molecule is Cc1cc([N+](=O)[O-])cnc1N1CC(C)N(C(=O)C2CC2)CC1C. The number of hydrogen-bond donors (Lipinski definition) is 0. The molecular weight excluding hydrogens is 296 g/mol. The quantitative estimate of drug-likeness (QED) is 0.630. The maximum Gasteiger partial charge on any atom is 0.287 e. The molecule has 7 nitrogen and oxygen atoms in total. The second kappa shape index (κ2) is 5.79. The highest BCUT2D eigenvalue weighted by molar-refractivity contribution is 5.81. The first-order valence-electron chi connectivity index (χ1n) is 8.06. The summed E-state index contributed by atoms with van der Waals surface area (Å²) in [5, 5.41) is 10.9. The number of hydrogen-bond acceptors (Lipinski definition) is 5. The lowest BCUT2D eigenvalue weighted by atomic mass is 10.1. The van der Waals surface area contributed by atoms with Crippen molar-refractivity contribution >= 4 is 17.4 Å². The standard InChI is InChI=1S/C16H22N4O3/c1-10-6-14(20(22)23)7-17-15(10)18-8-12(3)19(9-11(18)2)16(21)13-4-5-13/h6-7,11-13H,4-5,8-9H2,1-3H3. The predicted octanol–water partition coefficient (Wildman–Crippen LogP) is 2.13. The molecule has 1 aromatic rings. The third kappa shape index (κ3) is 3.00. The number of nitrogens with zero attached hydrogens (tertiary/aromatic N) is 4. The Kier molecular flexibility index (Phi) is 3.95. The number of carbonyl (C=O) groups is 1. The number of rotatable bonds is 3. The van der Waals surface area contributed by atoms with E-state index >= 15 is 0 Å². The van der Waals surface area contributed by atoms with E-state index in [1.54, 1.807) is 6.07 Å². The number of nitro groups is 1. The fourth-order valence-corrected chi connectivity index (χ4v) is 3.25. The van der Waals surface area contributed by atoms with E-state index in [2.05, 4.69) is 23.7 Å². The summed E-state index contributed by atoms with van der Waals surface area (Å²) in [7, 11) is 0. The summed E-state index contributed by atoms with van der Waals surface area (Å²) in [6, 6.07) is 1.82. The van der Waals surface area contributed by atoms with Gasteiger partial charge in [-0.2, -0.15) is 0 Å². The molecule has 2 atom stereocenters. The molecular formula is C16H22N4O3. The van der Waals surface area contributed by atoms with E-state index in [4.69, 9.17) is 0 Å². The van der Waals surface area contributed by atoms with Crippen LogP contribution in [-0.2, 0) is 4.79 Å². The molecule has 2 aliphatic rings. The minimum Gasteiger partial charge on any atom is -0.350 e. The van der Waals surface area contributed by atoms with Crippen molar-refractivity contribution in [2.45, 2.75) is 45.7 Å². The van der Waals surface area contributed by atoms with Crippen molar-refractivity contribution in [3.05, 3.63) is 27.9 Å². The summed E-state index contributed by atoms with van der Waals surface area (Å²) in [5.41, 5.74) is 0.801. The first kappa shape index (κ1) is 15.7. The lowest BCUT2D eigenvalue weighted by Gasteiger charge is -2.45. The Labute approximate surface area is 135 Å². The first-order valence-corrected chi connectivity index (χ1v) is 8.06. The van der Waals surface area contributed by atoms with Gasteiger partial charge in [0.15, 0.2) is 0 Å². The second-order valence-corrected chi connectivity index (χ2v) is 6.71. The topological polar surface area (TPSA) is 79.6 Å². The molecule has 1 aliphatic heterocycles. The highest BCUT2D eigenvalue weighted by atomic mass is 16.6. The van der Waals surface area contributed by atoms with E-state index < -0.39 is 4.92 Å². The van der Waals surface area contributed by atoms with Gasteiger partial charge >= 0.3 is 0 Å². The number of pyridine rings is 1. The molecule has 0 radical (unpaired) electrons. The van der Waals surface area contributed by atoms with E-state index in [0.29, 0.717) is 13.1 Å². The maximum atomic E-state index is 12.4. The van der Waals surface area contributed by atoms with Crippen LogP contribution < -0.4 is 4.90 Å². The first-order chi connectivity index (χ1) is 10.9. The van der Waals surface area contributed by atoms with Crippen molar-refractivity contribution in [3.8, 4) is 0 Å². The van der Waals surface area contributed by atoms with Crippen LogP contribution >= 0.6 is 0 Å². The van der Waals surface area contributed by atoms with Crippen LogP contribution in [-0.4, -0.2) is 45.9 Å². The van der Waals surface area contributed by atoms with Crippen LogP contribution in [0, 0.1) is 23.0 Å². The zero-order valence-corrected chi connectivity index (χ0v) is 13.7. The highest BCUT2D eigenvalue weighted by Crippen LogP contribution is 2.34. The van der Waals surface area contributed by atoms with Gasteiger partial charge in [0.05, 0.1) is 4.92 Å². The average molecular weight is 318 g/mol. The molecule has 1 saturated heterocycles. The summed E-state index contributed by atoms with van der Waals surface area (Å²) in [5.74, 6) is 1.28. The van der Waals surface area contributed by atoms with Crippen LogP contribution in [0.25, 0.3) is 0 Å². The molecule has 124 valence electrons. The zero-order chi connectivity index (χ0) is 16.7. The van der Waals surface area contributed by atoms with Gasteiger partial charge in [0.2, 0.25) is 5.91 Å². The Morgan fingerprint density at radius 1 is 1.30 bits per heavy atom. The van der Waals surface area contributed by atoms with Crippen LogP contribution in [0.4, 0.5) is 11.5 Å². The third-order valence-corrected chi connectivity index (χ3v) is 4.71. The lowest BCUT2D eigenvalue weighted by molar-refractivity contribution is -0.385. The molecule has 7 heteroatoms. The third-order valence-electron chi connectivity index (χ3n) is 4.71. The number of aromatic nitrogens is 1. The van der Waals surface area contributed by atoms with Gasteiger partial charge in [-0.15, -0.1) is 0 Å². The van der Waals surface area contributed by atoms with Gasteiger partial charge in [-0.05, 0) is 39.2 Å². The highest BCUT2D eigenvalue weighted by Gasteiger charge is 2.39. The number of piperazine rings is 1. The van der Waals surface area contributed by atoms with E-state index in [9.17, 15) is 14.9 Å². The second-order valence-electron chi connectivity index (χ2n) is 6.71. The van der Waals surface area contributed by atoms with Crippen LogP contribution in [0.2, 0.25) is 0 Å². The van der Waals surface area contributed by atoms with E-state index in [-0.39, 0.29) is 29.6 Å². The fraction of sp³-hybridized carbons (Fsp3) is 0.625. The monoisotopic (exact) mass is 318 g/mol. The normalized spacial score (nSPS) is 24.7. The summed E-state index contributed by atoms with van der Waals surface area (Å²) in [6.45, 7) is 7.34.